The molecule has 1 amide bonds. The summed E-state index contributed by atoms with van der Waals surface area (Å²) in [4.78, 5) is 20.2. The van der Waals surface area contributed by atoms with E-state index in [9.17, 15) is 4.79 Å². The van der Waals surface area contributed by atoms with Crippen LogP contribution >= 0.6 is 0 Å². The molecule has 0 saturated carbocycles. The molecule has 20 heavy (non-hydrogen) atoms. The molecule has 0 aliphatic rings. The quantitative estimate of drug-likeness (QED) is 0.775. The Bertz CT molecular complexity index is 540. The van der Waals surface area contributed by atoms with Crippen LogP contribution in [0.5, 0.6) is 0 Å². The van der Waals surface area contributed by atoms with E-state index in [-0.39, 0.29) is 5.91 Å². The van der Waals surface area contributed by atoms with E-state index >= 15 is 0 Å². The van der Waals surface area contributed by atoms with Crippen LogP contribution in [0.2, 0.25) is 0 Å². The van der Waals surface area contributed by atoms with Crippen LogP contribution < -0.4 is 5.32 Å². The Morgan fingerprint density at radius 2 is 2.35 bits per heavy atom. The van der Waals surface area contributed by atoms with Gasteiger partial charge in [-0.15, -0.1) is 0 Å². The van der Waals surface area contributed by atoms with E-state index in [1.807, 2.05) is 6.92 Å². The molecule has 2 aromatic rings. The van der Waals surface area contributed by atoms with Crippen molar-refractivity contribution in [1.29, 1.82) is 0 Å². The largest absolute Gasteiger partial charge is 0.382 e. The normalized spacial score (nSPS) is 10.4. The zero-order valence-electron chi connectivity index (χ0n) is 11.5. The molecule has 0 bridgehead atoms. The van der Waals surface area contributed by atoms with Gasteiger partial charge in [0.2, 0.25) is 0 Å². The summed E-state index contributed by atoms with van der Waals surface area (Å²) in [6, 6.07) is 3.43. The monoisotopic (exact) mass is 274 g/mol. The zero-order valence-corrected chi connectivity index (χ0v) is 11.5. The Kier molecular flexibility index (Phi) is 5.25. The number of nitrogens with one attached hydrogen (secondary N) is 1. The van der Waals surface area contributed by atoms with Gasteiger partial charge in [-0.1, -0.05) is 0 Å². The van der Waals surface area contributed by atoms with Crippen molar-refractivity contribution < 1.29 is 9.53 Å². The maximum atomic E-state index is 12.0. The minimum absolute atomic E-state index is 0.106. The fourth-order valence-corrected chi connectivity index (χ4v) is 1.72. The number of hydrogen-bond donors (Lipinski definition) is 1. The van der Waals surface area contributed by atoms with Gasteiger partial charge in [-0.25, -0.2) is 9.97 Å². The SMILES string of the molecule is CCOCCCNC(=O)c1ccnc(-n2ccnc2)c1. The number of rotatable bonds is 7. The Hall–Kier alpha value is -2.21. The summed E-state index contributed by atoms with van der Waals surface area (Å²) in [5.41, 5.74) is 0.583. The van der Waals surface area contributed by atoms with E-state index in [4.69, 9.17) is 4.74 Å². The third-order valence-corrected chi connectivity index (χ3v) is 2.73. The summed E-state index contributed by atoms with van der Waals surface area (Å²) in [5.74, 6) is 0.565. The molecule has 2 rings (SSSR count). The van der Waals surface area contributed by atoms with E-state index in [1.165, 1.54) is 0 Å². The van der Waals surface area contributed by atoms with E-state index in [2.05, 4.69) is 15.3 Å². The van der Waals surface area contributed by atoms with Crippen molar-refractivity contribution in [1.82, 2.24) is 19.9 Å². The lowest BCUT2D eigenvalue weighted by Gasteiger charge is -2.07. The fraction of sp³-hybridized carbons (Fsp3) is 0.357. The molecule has 0 aromatic carbocycles. The van der Waals surface area contributed by atoms with Gasteiger partial charge in [0.15, 0.2) is 0 Å². The lowest BCUT2D eigenvalue weighted by molar-refractivity contribution is 0.0944. The zero-order chi connectivity index (χ0) is 14.2. The molecular formula is C14H18N4O2. The number of pyridine rings is 1. The van der Waals surface area contributed by atoms with Gasteiger partial charge < -0.3 is 10.1 Å². The molecule has 0 fully saturated rings. The molecule has 1 N–H and O–H groups in total. The number of hydrogen-bond acceptors (Lipinski definition) is 4. The van der Waals surface area contributed by atoms with Gasteiger partial charge in [0.1, 0.15) is 12.1 Å². The van der Waals surface area contributed by atoms with Crippen LogP contribution in [0.1, 0.15) is 23.7 Å². The first-order valence-corrected chi connectivity index (χ1v) is 6.61. The molecule has 0 saturated heterocycles. The molecule has 0 atom stereocenters. The number of carbonyl (C=O) groups excluding carboxylic acids is 1. The third-order valence-electron chi connectivity index (χ3n) is 2.73. The second-order valence-corrected chi connectivity index (χ2v) is 4.18. The number of imidazole rings is 1. The highest BCUT2D eigenvalue weighted by Crippen LogP contribution is 2.06. The molecule has 0 aliphatic carbocycles. The Labute approximate surface area is 117 Å². The average Bonchev–Trinajstić information content (AvgIpc) is 3.01. The lowest BCUT2D eigenvalue weighted by atomic mass is 10.2. The first-order valence-electron chi connectivity index (χ1n) is 6.61. The Balaban J connectivity index is 1.92. The maximum Gasteiger partial charge on any atom is 0.251 e. The van der Waals surface area contributed by atoms with Crippen molar-refractivity contribution in [2.24, 2.45) is 0 Å². The molecule has 6 nitrogen and oxygen atoms in total. The third kappa shape index (κ3) is 3.89. The van der Waals surface area contributed by atoms with Gasteiger partial charge in [0.05, 0.1) is 0 Å². The number of ether oxygens (including phenoxy) is 1. The van der Waals surface area contributed by atoms with Gasteiger partial charge in [-0.3, -0.25) is 9.36 Å². The summed E-state index contributed by atoms with van der Waals surface area (Å²) < 4.78 is 6.97. The fourth-order valence-electron chi connectivity index (χ4n) is 1.72. The topological polar surface area (TPSA) is 69.0 Å². The molecule has 6 heteroatoms. The molecular weight excluding hydrogens is 256 g/mol. The van der Waals surface area contributed by atoms with Gasteiger partial charge in [0, 0.05) is 43.9 Å². The van der Waals surface area contributed by atoms with Crippen LogP contribution in [-0.2, 0) is 4.74 Å². The van der Waals surface area contributed by atoms with E-state index in [0.717, 1.165) is 6.42 Å². The van der Waals surface area contributed by atoms with Gasteiger partial charge >= 0.3 is 0 Å². The highest BCUT2D eigenvalue weighted by molar-refractivity contribution is 5.94. The summed E-state index contributed by atoms with van der Waals surface area (Å²) in [6.07, 6.45) is 7.52. The molecule has 2 heterocycles. The number of amides is 1. The first kappa shape index (κ1) is 14.2. The lowest BCUT2D eigenvalue weighted by Crippen LogP contribution is -2.25. The smallest absolute Gasteiger partial charge is 0.251 e. The van der Waals surface area contributed by atoms with Crippen molar-refractivity contribution in [3.63, 3.8) is 0 Å². The first-order chi connectivity index (χ1) is 9.81. The summed E-state index contributed by atoms with van der Waals surface area (Å²) in [7, 11) is 0. The Morgan fingerprint density at radius 3 is 3.10 bits per heavy atom. The molecule has 106 valence electrons. The van der Waals surface area contributed by atoms with Crippen molar-refractivity contribution in [2.75, 3.05) is 19.8 Å². The summed E-state index contributed by atoms with van der Waals surface area (Å²) in [5, 5.41) is 2.86. The minimum atomic E-state index is -0.106. The van der Waals surface area contributed by atoms with Gasteiger partial charge in [-0.2, -0.15) is 0 Å². The molecule has 0 spiro atoms. The van der Waals surface area contributed by atoms with Crippen molar-refractivity contribution in [3.8, 4) is 5.82 Å². The van der Waals surface area contributed by atoms with E-state index < -0.39 is 0 Å². The maximum absolute atomic E-state index is 12.0. The minimum Gasteiger partial charge on any atom is -0.382 e. The van der Waals surface area contributed by atoms with Crippen molar-refractivity contribution in [3.05, 3.63) is 42.6 Å². The average molecular weight is 274 g/mol. The highest BCUT2D eigenvalue weighted by Gasteiger charge is 2.07. The molecule has 0 radical (unpaired) electrons. The second-order valence-electron chi connectivity index (χ2n) is 4.18. The number of carbonyl (C=O) groups is 1. The van der Waals surface area contributed by atoms with Crippen molar-refractivity contribution in [2.45, 2.75) is 13.3 Å². The second kappa shape index (κ2) is 7.40. The van der Waals surface area contributed by atoms with Gasteiger partial charge in [-0.05, 0) is 25.5 Å². The summed E-state index contributed by atoms with van der Waals surface area (Å²) >= 11 is 0. The molecule has 0 aliphatic heterocycles. The molecule has 2 aromatic heterocycles. The van der Waals surface area contributed by atoms with E-state index in [1.54, 1.807) is 41.6 Å². The predicted octanol–water partition coefficient (Wildman–Crippen LogP) is 1.42. The highest BCUT2D eigenvalue weighted by atomic mass is 16.5. The standard InChI is InChI=1S/C14H18N4O2/c1-2-20-9-3-5-17-14(19)12-4-6-16-13(10-12)18-8-7-15-11-18/h4,6-8,10-11H,2-3,5,9H2,1H3,(H,17,19). The van der Waals surface area contributed by atoms with Crippen LogP contribution in [0.3, 0.4) is 0 Å². The predicted molar refractivity (Wildman–Crippen MR) is 74.8 cm³/mol. The number of nitrogens with zero attached hydrogens (tertiary/aromatic N) is 3. The van der Waals surface area contributed by atoms with Crippen LogP contribution in [-0.4, -0.2) is 40.2 Å². The van der Waals surface area contributed by atoms with E-state index in [0.29, 0.717) is 31.1 Å². The van der Waals surface area contributed by atoms with Crippen LogP contribution in [0.4, 0.5) is 0 Å². The van der Waals surface area contributed by atoms with Gasteiger partial charge in [0.25, 0.3) is 5.91 Å². The number of aromatic nitrogens is 3. The van der Waals surface area contributed by atoms with Crippen LogP contribution in [0.25, 0.3) is 5.82 Å². The van der Waals surface area contributed by atoms with Crippen LogP contribution in [0, 0.1) is 0 Å². The molecule has 0 unspecified atom stereocenters. The van der Waals surface area contributed by atoms with Crippen molar-refractivity contribution >= 4 is 5.91 Å². The van der Waals surface area contributed by atoms with Crippen LogP contribution in [0.15, 0.2) is 37.1 Å². The summed E-state index contributed by atoms with van der Waals surface area (Å²) in [6.45, 7) is 3.91. The Morgan fingerprint density at radius 1 is 1.45 bits per heavy atom.